The molecule has 0 aliphatic carbocycles. The van der Waals surface area contributed by atoms with Crippen LogP contribution in [0.15, 0.2) is 30.9 Å². The maximum absolute atomic E-state index is 9.49. The maximum Gasteiger partial charge on any atom is 0.161 e. The molecule has 1 aromatic carbocycles. The summed E-state index contributed by atoms with van der Waals surface area (Å²) in [6.45, 7) is 6.03. The molecule has 0 amide bonds. The molecule has 3 heteroatoms. The van der Waals surface area contributed by atoms with Gasteiger partial charge in [0.15, 0.2) is 11.5 Å². The van der Waals surface area contributed by atoms with Gasteiger partial charge >= 0.3 is 0 Å². The van der Waals surface area contributed by atoms with E-state index in [-0.39, 0.29) is 11.8 Å². The highest BCUT2D eigenvalue weighted by Crippen LogP contribution is 2.29. The zero-order valence-electron chi connectivity index (χ0n) is 8.94. The Morgan fingerprint density at radius 3 is 2.93 bits per heavy atom. The average molecular weight is 207 g/mol. The van der Waals surface area contributed by atoms with Crippen LogP contribution in [0.3, 0.4) is 0 Å². The van der Waals surface area contributed by atoms with Gasteiger partial charge in [-0.05, 0) is 31.0 Å². The quantitative estimate of drug-likeness (QED) is 0.729. The van der Waals surface area contributed by atoms with Gasteiger partial charge in [-0.15, -0.1) is 6.58 Å². The third-order valence-corrected chi connectivity index (χ3v) is 2.13. The fourth-order valence-corrected chi connectivity index (χ4v) is 1.35. The van der Waals surface area contributed by atoms with E-state index in [9.17, 15) is 5.11 Å². The molecular formula is C12H17NO2. The number of aromatic hydroxyl groups is 1. The van der Waals surface area contributed by atoms with Gasteiger partial charge in [0.1, 0.15) is 0 Å². The summed E-state index contributed by atoms with van der Waals surface area (Å²) < 4.78 is 5.27. The van der Waals surface area contributed by atoms with Crippen LogP contribution in [-0.2, 0) is 0 Å². The number of benzene rings is 1. The summed E-state index contributed by atoms with van der Waals surface area (Å²) in [7, 11) is 0. The summed E-state index contributed by atoms with van der Waals surface area (Å²) >= 11 is 0. The van der Waals surface area contributed by atoms with Crippen molar-refractivity contribution in [1.82, 2.24) is 0 Å². The minimum atomic E-state index is -0.0951. The van der Waals surface area contributed by atoms with Crippen molar-refractivity contribution < 1.29 is 9.84 Å². The predicted molar refractivity (Wildman–Crippen MR) is 61.0 cm³/mol. The second kappa shape index (κ2) is 5.41. The van der Waals surface area contributed by atoms with E-state index in [1.807, 2.05) is 6.92 Å². The number of rotatable bonds is 5. The van der Waals surface area contributed by atoms with E-state index >= 15 is 0 Å². The highest BCUT2D eigenvalue weighted by Gasteiger charge is 2.08. The zero-order chi connectivity index (χ0) is 11.3. The standard InChI is InChI=1S/C12H17NO2/c1-3-5-10(13)9-6-7-11(14)12(8-9)15-4-2/h3,6-8,10,14H,1,4-5,13H2,2H3/t10-/m0/s1. The number of ether oxygens (including phenoxy) is 1. The molecule has 0 unspecified atom stereocenters. The van der Waals surface area contributed by atoms with Crippen LogP contribution in [0.1, 0.15) is 24.9 Å². The SMILES string of the molecule is C=CC[C@H](N)c1ccc(O)c(OCC)c1. The minimum absolute atomic E-state index is 0.0951. The highest BCUT2D eigenvalue weighted by molar-refractivity contribution is 5.42. The summed E-state index contributed by atoms with van der Waals surface area (Å²) in [5.41, 5.74) is 6.85. The third-order valence-electron chi connectivity index (χ3n) is 2.13. The lowest BCUT2D eigenvalue weighted by Gasteiger charge is -2.12. The van der Waals surface area contributed by atoms with Gasteiger partial charge < -0.3 is 15.6 Å². The molecular weight excluding hydrogens is 190 g/mol. The van der Waals surface area contributed by atoms with E-state index in [1.165, 1.54) is 0 Å². The van der Waals surface area contributed by atoms with Gasteiger partial charge in [0, 0.05) is 6.04 Å². The van der Waals surface area contributed by atoms with Crippen LogP contribution in [-0.4, -0.2) is 11.7 Å². The van der Waals surface area contributed by atoms with Gasteiger partial charge in [0.05, 0.1) is 6.61 Å². The Morgan fingerprint density at radius 2 is 2.33 bits per heavy atom. The van der Waals surface area contributed by atoms with Gasteiger partial charge in [0.25, 0.3) is 0 Å². The number of hydrogen-bond donors (Lipinski definition) is 2. The summed E-state index contributed by atoms with van der Waals surface area (Å²) in [4.78, 5) is 0. The number of phenolic OH excluding ortho intramolecular Hbond substituents is 1. The van der Waals surface area contributed by atoms with E-state index in [1.54, 1.807) is 24.3 Å². The molecule has 0 bridgehead atoms. The van der Waals surface area contributed by atoms with Crippen molar-refractivity contribution in [3.05, 3.63) is 36.4 Å². The molecule has 0 aliphatic rings. The van der Waals surface area contributed by atoms with Crippen LogP contribution in [0.4, 0.5) is 0 Å². The summed E-state index contributed by atoms with van der Waals surface area (Å²) in [5, 5.41) is 9.49. The fraction of sp³-hybridized carbons (Fsp3) is 0.333. The molecule has 1 atom stereocenters. The van der Waals surface area contributed by atoms with Crippen molar-refractivity contribution in [3.63, 3.8) is 0 Å². The molecule has 3 N–H and O–H groups in total. The Bertz CT molecular complexity index is 336. The Balaban J connectivity index is 2.90. The molecule has 15 heavy (non-hydrogen) atoms. The van der Waals surface area contributed by atoms with E-state index in [4.69, 9.17) is 10.5 Å². The first-order chi connectivity index (χ1) is 7.19. The van der Waals surface area contributed by atoms with Crippen LogP contribution in [0.2, 0.25) is 0 Å². The molecule has 0 saturated carbocycles. The predicted octanol–water partition coefficient (Wildman–Crippen LogP) is 2.37. The molecule has 0 spiro atoms. The smallest absolute Gasteiger partial charge is 0.161 e. The van der Waals surface area contributed by atoms with Crippen LogP contribution < -0.4 is 10.5 Å². The van der Waals surface area contributed by atoms with Crippen LogP contribution in [0.5, 0.6) is 11.5 Å². The lowest BCUT2D eigenvalue weighted by atomic mass is 10.0. The first-order valence-corrected chi connectivity index (χ1v) is 5.01. The summed E-state index contributed by atoms with van der Waals surface area (Å²) in [5.74, 6) is 0.626. The van der Waals surface area contributed by atoms with Crippen LogP contribution in [0, 0.1) is 0 Å². The average Bonchev–Trinajstić information content (AvgIpc) is 2.22. The second-order valence-corrected chi connectivity index (χ2v) is 3.29. The van der Waals surface area contributed by atoms with Gasteiger partial charge in [0.2, 0.25) is 0 Å². The highest BCUT2D eigenvalue weighted by atomic mass is 16.5. The van der Waals surface area contributed by atoms with Crippen molar-refractivity contribution in [1.29, 1.82) is 0 Å². The molecule has 0 aliphatic heterocycles. The molecule has 3 nitrogen and oxygen atoms in total. The zero-order valence-corrected chi connectivity index (χ0v) is 8.94. The summed E-state index contributed by atoms with van der Waals surface area (Å²) in [6.07, 6.45) is 2.48. The third kappa shape index (κ3) is 2.99. The second-order valence-electron chi connectivity index (χ2n) is 3.29. The van der Waals surface area contributed by atoms with E-state index in [2.05, 4.69) is 6.58 Å². The van der Waals surface area contributed by atoms with E-state index in [0.717, 1.165) is 5.56 Å². The lowest BCUT2D eigenvalue weighted by molar-refractivity contribution is 0.317. The lowest BCUT2D eigenvalue weighted by Crippen LogP contribution is -2.09. The number of hydrogen-bond acceptors (Lipinski definition) is 3. The van der Waals surface area contributed by atoms with Crippen LogP contribution >= 0.6 is 0 Å². The first-order valence-electron chi connectivity index (χ1n) is 5.01. The Hall–Kier alpha value is -1.48. The minimum Gasteiger partial charge on any atom is -0.504 e. The molecule has 0 fully saturated rings. The Labute approximate surface area is 90.2 Å². The molecule has 0 heterocycles. The van der Waals surface area contributed by atoms with Gasteiger partial charge in [-0.2, -0.15) is 0 Å². The van der Waals surface area contributed by atoms with Crippen molar-refractivity contribution in [2.24, 2.45) is 5.73 Å². The molecule has 0 aromatic heterocycles. The van der Waals surface area contributed by atoms with Crippen molar-refractivity contribution >= 4 is 0 Å². The molecule has 0 radical (unpaired) electrons. The number of phenols is 1. The van der Waals surface area contributed by atoms with Crippen LogP contribution in [0.25, 0.3) is 0 Å². The van der Waals surface area contributed by atoms with Crippen molar-refractivity contribution in [2.45, 2.75) is 19.4 Å². The van der Waals surface area contributed by atoms with E-state index in [0.29, 0.717) is 18.8 Å². The monoisotopic (exact) mass is 207 g/mol. The largest absolute Gasteiger partial charge is 0.504 e. The van der Waals surface area contributed by atoms with E-state index < -0.39 is 0 Å². The topological polar surface area (TPSA) is 55.5 Å². The Kier molecular flexibility index (Phi) is 4.18. The summed E-state index contributed by atoms with van der Waals surface area (Å²) in [6, 6.07) is 5.07. The Morgan fingerprint density at radius 1 is 1.60 bits per heavy atom. The first kappa shape index (κ1) is 11.6. The molecule has 1 rings (SSSR count). The van der Waals surface area contributed by atoms with Crippen molar-refractivity contribution in [2.75, 3.05) is 6.61 Å². The normalized spacial score (nSPS) is 12.1. The maximum atomic E-state index is 9.49. The fourth-order valence-electron chi connectivity index (χ4n) is 1.35. The van der Waals surface area contributed by atoms with Gasteiger partial charge in [-0.25, -0.2) is 0 Å². The molecule has 1 aromatic rings. The van der Waals surface area contributed by atoms with Crippen molar-refractivity contribution in [3.8, 4) is 11.5 Å². The molecule has 82 valence electrons. The number of nitrogens with two attached hydrogens (primary N) is 1. The van der Waals surface area contributed by atoms with Gasteiger partial charge in [-0.1, -0.05) is 12.1 Å². The van der Waals surface area contributed by atoms with Gasteiger partial charge in [-0.3, -0.25) is 0 Å². The molecule has 0 saturated heterocycles.